The van der Waals surface area contributed by atoms with Gasteiger partial charge in [0, 0.05) is 25.2 Å². The second-order valence-corrected chi connectivity index (χ2v) is 8.95. The number of hydrogen-bond donors (Lipinski definition) is 4. The van der Waals surface area contributed by atoms with E-state index in [1.807, 2.05) is 12.1 Å². The van der Waals surface area contributed by atoms with E-state index in [0.29, 0.717) is 12.1 Å². The molecule has 1 heterocycles. The van der Waals surface area contributed by atoms with Crippen LogP contribution < -0.4 is 11.1 Å². The van der Waals surface area contributed by atoms with Crippen LogP contribution in [0.15, 0.2) is 91.0 Å². The molecule has 10 heteroatoms. The number of nitrogens with zero attached hydrogens (tertiary/aromatic N) is 1. The van der Waals surface area contributed by atoms with Crippen molar-refractivity contribution >= 4 is 17.0 Å². The molecular weight excluding hydrogens is 524 g/mol. The molecule has 206 valence electrons. The van der Waals surface area contributed by atoms with Gasteiger partial charge in [0.05, 0.1) is 11.0 Å². The van der Waals surface area contributed by atoms with Crippen molar-refractivity contribution in [2.24, 2.45) is 5.73 Å². The molecule has 1 aromatic heterocycles. The lowest BCUT2D eigenvalue weighted by atomic mass is 10.0. The van der Waals surface area contributed by atoms with E-state index in [0.717, 1.165) is 46.7 Å². The van der Waals surface area contributed by atoms with Crippen LogP contribution in [0.3, 0.4) is 0 Å². The van der Waals surface area contributed by atoms with E-state index >= 15 is 0 Å². The molecule has 0 radical (unpaired) electrons. The average Bonchev–Trinajstić information content (AvgIpc) is 3.37. The van der Waals surface area contributed by atoms with Gasteiger partial charge < -0.3 is 21.1 Å². The minimum atomic E-state index is -5.08. The van der Waals surface area contributed by atoms with E-state index < -0.39 is 12.1 Å². The summed E-state index contributed by atoms with van der Waals surface area (Å²) >= 11 is 0. The number of fused-ring (bicyclic) bond motifs is 1. The first-order chi connectivity index (χ1) is 19.1. The zero-order valence-corrected chi connectivity index (χ0v) is 21.2. The Hall–Kier alpha value is -4.54. The quantitative estimate of drug-likeness (QED) is 0.175. The van der Waals surface area contributed by atoms with E-state index in [9.17, 15) is 17.6 Å². The lowest BCUT2D eigenvalue weighted by Gasteiger charge is -2.08. The molecule has 5 aromatic rings. The molecule has 0 amide bonds. The molecule has 6 nitrogen and oxygen atoms in total. The van der Waals surface area contributed by atoms with Gasteiger partial charge in [-0.2, -0.15) is 13.2 Å². The van der Waals surface area contributed by atoms with Crippen LogP contribution in [-0.2, 0) is 24.4 Å². The van der Waals surface area contributed by atoms with Crippen molar-refractivity contribution in [1.29, 1.82) is 0 Å². The molecule has 0 saturated heterocycles. The number of halogens is 4. The molecule has 40 heavy (non-hydrogen) atoms. The Balaban J connectivity index is 0.000000470. The zero-order chi connectivity index (χ0) is 28.7. The lowest BCUT2D eigenvalue weighted by molar-refractivity contribution is -0.192. The minimum Gasteiger partial charge on any atom is -0.475 e. The third-order valence-electron chi connectivity index (χ3n) is 6.05. The number of nitrogens with two attached hydrogens (primary N) is 1. The Morgan fingerprint density at radius 2 is 1.27 bits per heavy atom. The SMILES string of the molecule is NCc1ccc(CNCc2ccc(-c3ccc(-c4nc5ccc(F)cc5[nH]4)cc3)cc2)cc1.O=C(O)C(F)(F)F. The van der Waals surface area contributed by atoms with Crippen molar-refractivity contribution in [1.82, 2.24) is 15.3 Å². The summed E-state index contributed by atoms with van der Waals surface area (Å²) in [6, 6.07) is 29.8. The van der Waals surface area contributed by atoms with Crippen LogP contribution in [-0.4, -0.2) is 27.2 Å². The van der Waals surface area contributed by atoms with Gasteiger partial charge in [-0.1, -0.05) is 72.8 Å². The topological polar surface area (TPSA) is 104 Å². The van der Waals surface area contributed by atoms with E-state index in [4.69, 9.17) is 15.6 Å². The van der Waals surface area contributed by atoms with Gasteiger partial charge in [0.15, 0.2) is 0 Å². The number of imidazole rings is 1. The van der Waals surface area contributed by atoms with Gasteiger partial charge in [0.1, 0.15) is 11.6 Å². The second-order valence-electron chi connectivity index (χ2n) is 8.95. The minimum absolute atomic E-state index is 0.270. The first-order valence-corrected chi connectivity index (χ1v) is 12.3. The molecule has 5 rings (SSSR count). The summed E-state index contributed by atoms with van der Waals surface area (Å²) in [6.45, 7) is 2.21. The maximum Gasteiger partial charge on any atom is 0.490 e. The molecular formula is C30H26F4N4O2. The monoisotopic (exact) mass is 550 g/mol. The van der Waals surface area contributed by atoms with Crippen LogP contribution in [0.25, 0.3) is 33.5 Å². The highest BCUT2D eigenvalue weighted by molar-refractivity contribution is 5.80. The highest BCUT2D eigenvalue weighted by Crippen LogP contribution is 2.25. The molecule has 0 fully saturated rings. The summed E-state index contributed by atoms with van der Waals surface area (Å²) in [5.41, 5.74) is 14.0. The number of carboxylic acids is 1. The fourth-order valence-electron chi connectivity index (χ4n) is 3.90. The molecule has 5 N–H and O–H groups in total. The predicted octanol–water partition coefficient (Wildman–Crippen LogP) is 6.42. The number of hydrogen-bond acceptors (Lipinski definition) is 4. The first-order valence-electron chi connectivity index (χ1n) is 12.3. The number of rotatable bonds is 7. The van der Waals surface area contributed by atoms with Crippen molar-refractivity contribution in [2.45, 2.75) is 25.8 Å². The van der Waals surface area contributed by atoms with Crippen LogP contribution in [0.5, 0.6) is 0 Å². The summed E-state index contributed by atoms with van der Waals surface area (Å²) < 4.78 is 45.2. The molecule has 0 saturated carbocycles. The molecule has 0 atom stereocenters. The van der Waals surface area contributed by atoms with Crippen molar-refractivity contribution in [3.05, 3.63) is 114 Å². The lowest BCUT2D eigenvalue weighted by Crippen LogP contribution is -2.21. The van der Waals surface area contributed by atoms with Crippen molar-refractivity contribution in [2.75, 3.05) is 0 Å². The smallest absolute Gasteiger partial charge is 0.475 e. The van der Waals surface area contributed by atoms with Gasteiger partial charge in [-0.15, -0.1) is 0 Å². The number of benzene rings is 4. The molecule has 0 unspecified atom stereocenters. The van der Waals surface area contributed by atoms with Crippen molar-refractivity contribution in [3.63, 3.8) is 0 Å². The van der Waals surface area contributed by atoms with E-state index in [1.165, 1.54) is 23.3 Å². The molecule has 4 aromatic carbocycles. The van der Waals surface area contributed by atoms with Crippen molar-refractivity contribution < 1.29 is 27.5 Å². The third kappa shape index (κ3) is 7.52. The Morgan fingerprint density at radius 3 is 1.80 bits per heavy atom. The maximum atomic E-state index is 13.4. The summed E-state index contributed by atoms with van der Waals surface area (Å²) in [6.07, 6.45) is -5.08. The Kier molecular flexibility index (Phi) is 8.93. The van der Waals surface area contributed by atoms with Crippen LogP contribution in [0, 0.1) is 5.82 Å². The van der Waals surface area contributed by atoms with Gasteiger partial charge >= 0.3 is 12.1 Å². The van der Waals surface area contributed by atoms with E-state index in [-0.39, 0.29) is 5.82 Å². The number of alkyl halides is 3. The Labute approximate surface area is 227 Å². The maximum absolute atomic E-state index is 13.4. The number of aromatic nitrogens is 2. The van der Waals surface area contributed by atoms with Gasteiger partial charge in [0.25, 0.3) is 0 Å². The fraction of sp³-hybridized carbons (Fsp3) is 0.133. The molecule has 0 bridgehead atoms. The molecule has 0 spiro atoms. The summed E-state index contributed by atoms with van der Waals surface area (Å²) in [5, 5.41) is 10.6. The largest absolute Gasteiger partial charge is 0.490 e. The highest BCUT2D eigenvalue weighted by atomic mass is 19.4. The fourth-order valence-corrected chi connectivity index (χ4v) is 3.90. The number of aromatic amines is 1. The number of H-pyrrole nitrogens is 1. The van der Waals surface area contributed by atoms with Gasteiger partial charge in [0.2, 0.25) is 0 Å². The van der Waals surface area contributed by atoms with Gasteiger partial charge in [-0.25, -0.2) is 14.2 Å². The van der Waals surface area contributed by atoms with Crippen molar-refractivity contribution in [3.8, 4) is 22.5 Å². The molecule has 0 aliphatic rings. The predicted molar refractivity (Wildman–Crippen MR) is 145 cm³/mol. The third-order valence-corrected chi connectivity index (χ3v) is 6.05. The second kappa shape index (κ2) is 12.5. The summed E-state index contributed by atoms with van der Waals surface area (Å²) in [4.78, 5) is 16.7. The first kappa shape index (κ1) is 28.5. The summed E-state index contributed by atoms with van der Waals surface area (Å²) in [7, 11) is 0. The Morgan fingerprint density at radius 1 is 0.800 bits per heavy atom. The van der Waals surface area contributed by atoms with E-state index in [1.54, 1.807) is 6.07 Å². The summed E-state index contributed by atoms with van der Waals surface area (Å²) in [5.74, 6) is -2.29. The van der Waals surface area contributed by atoms with E-state index in [2.05, 4.69) is 75.9 Å². The number of carbonyl (C=O) groups is 1. The van der Waals surface area contributed by atoms with Crippen LogP contribution in [0.4, 0.5) is 17.6 Å². The molecule has 0 aliphatic heterocycles. The zero-order valence-electron chi connectivity index (χ0n) is 21.2. The average molecular weight is 551 g/mol. The highest BCUT2D eigenvalue weighted by Gasteiger charge is 2.38. The number of carboxylic acid groups (broad SMARTS) is 1. The van der Waals surface area contributed by atoms with Crippen LogP contribution >= 0.6 is 0 Å². The van der Waals surface area contributed by atoms with Gasteiger partial charge in [-0.3, -0.25) is 0 Å². The normalized spacial score (nSPS) is 11.2. The Bertz CT molecular complexity index is 1560. The van der Waals surface area contributed by atoms with Crippen LogP contribution in [0.1, 0.15) is 16.7 Å². The van der Waals surface area contributed by atoms with Gasteiger partial charge in [-0.05, 0) is 46.0 Å². The molecule has 0 aliphatic carbocycles. The van der Waals surface area contributed by atoms with Crippen LogP contribution in [0.2, 0.25) is 0 Å². The number of aliphatic carboxylic acids is 1. The standard InChI is InChI=1S/C28H25FN4.C2HF3O2/c29-25-13-14-26-27(15-25)33-28(32-26)24-11-9-23(10-12-24)22-7-5-21(6-8-22)18-31-17-20-3-1-19(16-30)2-4-20;3-2(4,5)1(6)7/h1-15,31H,16-18,30H2,(H,32,33);(H,6,7). The number of nitrogens with one attached hydrogen (secondary N) is 2.